The number of pyridine rings is 1. The van der Waals surface area contributed by atoms with Crippen molar-refractivity contribution in [1.82, 2.24) is 15.0 Å². The number of aryl methyl sites for hydroxylation is 1. The third-order valence-corrected chi connectivity index (χ3v) is 4.35. The van der Waals surface area contributed by atoms with Crippen LogP contribution in [-0.4, -0.2) is 20.9 Å². The zero-order chi connectivity index (χ0) is 17.6. The molecule has 0 aliphatic heterocycles. The molecular formula is C18H16BrN5O. The molecular weight excluding hydrogens is 382 g/mol. The van der Waals surface area contributed by atoms with E-state index >= 15 is 0 Å². The summed E-state index contributed by atoms with van der Waals surface area (Å²) < 4.78 is 0.994. The van der Waals surface area contributed by atoms with E-state index in [1.807, 2.05) is 43.3 Å². The van der Waals surface area contributed by atoms with Gasteiger partial charge in [-0.2, -0.15) is 0 Å². The largest absolute Gasteiger partial charge is 0.349 e. The minimum Gasteiger partial charge on any atom is -0.349 e. The molecule has 7 heteroatoms. The standard InChI is InChI=1S/C18H16BrN5O/c1-12-10-13(5-6-15(12)19)23-17(25)16-7-9-21-18(24-16)22-11-14-4-2-3-8-20-14/h2-10H,11H2,1H3,(H,23,25)(H,21,22,24). The highest BCUT2D eigenvalue weighted by Gasteiger charge is 2.10. The fourth-order valence-corrected chi connectivity index (χ4v) is 2.41. The Bertz CT molecular complexity index is 886. The second kappa shape index (κ2) is 7.85. The summed E-state index contributed by atoms with van der Waals surface area (Å²) in [6.45, 7) is 2.45. The number of halogens is 1. The first-order valence-electron chi connectivity index (χ1n) is 7.66. The fraction of sp³-hybridized carbons (Fsp3) is 0.111. The molecule has 2 N–H and O–H groups in total. The van der Waals surface area contributed by atoms with Gasteiger partial charge < -0.3 is 10.6 Å². The number of anilines is 2. The normalized spacial score (nSPS) is 10.3. The molecule has 1 aromatic carbocycles. The molecule has 0 aliphatic rings. The Kier molecular flexibility index (Phi) is 5.35. The van der Waals surface area contributed by atoms with Gasteiger partial charge in [-0.3, -0.25) is 9.78 Å². The van der Waals surface area contributed by atoms with E-state index in [1.54, 1.807) is 18.5 Å². The third kappa shape index (κ3) is 4.60. The number of nitrogens with zero attached hydrogens (tertiary/aromatic N) is 3. The first-order chi connectivity index (χ1) is 12.1. The molecule has 126 valence electrons. The second-order valence-electron chi connectivity index (χ2n) is 5.36. The molecule has 0 atom stereocenters. The van der Waals surface area contributed by atoms with Crippen molar-refractivity contribution < 1.29 is 4.79 Å². The van der Waals surface area contributed by atoms with Crippen LogP contribution < -0.4 is 10.6 Å². The fourth-order valence-electron chi connectivity index (χ4n) is 2.16. The van der Waals surface area contributed by atoms with Crippen LogP contribution in [0.4, 0.5) is 11.6 Å². The molecule has 25 heavy (non-hydrogen) atoms. The van der Waals surface area contributed by atoms with E-state index in [0.29, 0.717) is 23.9 Å². The minimum atomic E-state index is -0.287. The number of rotatable bonds is 5. The SMILES string of the molecule is Cc1cc(NC(=O)c2ccnc(NCc3ccccn3)n2)ccc1Br. The van der Waals surface area contributed by atoms with E-state index in [4.69, 9.17) is 0 Å². The lowest BCUT2D eigenvalue weighted by atomic mass is 10.2. The quantitative estimate of drug-likeness (QED) is 0.684. The summed E-state index contributed by atoms with van der Waals surface area (Å²) in [5, 5.41) is 5.90. The number of carbonyl (C=O) groups excluding carboxylic acids is 1. The number of aromatic nitrogens is 3. The van der Waals surface area contributed by atoms with Crippen LogP contribution in [0.5, 0.6) is 0 Å². The Morgan fingerprint density at radius 3 is 2.76 bits per heavy atom. The zero-order valence-corrected chi connectivity index (χ0v) is 15.1. The Balaban J connectivity index is 1.67. The Morgan fingerprint density at radius 2 is 2.00 bits per heavy atom. The summed E-state index contributed by atoms with van der Waals surface area (Å²) in [7, 11) is 0. The summed E-state index contributed by atoms with van der Waals surface area (Å²) >= 11 is 3.44. The maximum absolute atomic E-state index is 12.4. The molecule has 3 aromatic rings. The second-order valence-corrected chi connectivity index (χ2v) is 6.21. The first kappa shape index (κ1) is 17.0. The van der Waals surface area contributed by atoms with Crippen molar-refractivity contribution in [3.05, 3.63) is 76.3 Å². The molecule has 1 amide bonds. The van der Waals surface area contributed by atoms with Crippen molar-refractivity contribution in [1.29, 1.82) is 0 Å². The van der Waals surface area contributed by atoms with Crippen LogP contribution in [-0.2, 0) is 6.54 Å². The molecule has 2 aromatic heterocycles. The van der Waals surface area contributed by atoms with Crippen LogP contribution in [0.1, 0.15) is 21.7 Å². The van der Waals surface area contributed by atoms with Crippen LogP contribution in [0.25, 0.3) is 0 Å². The smallest absolute Gasteiger partial charge is 0.274 e. The summed E-state index contributed by atoms with van der Waals surface area (Å²) in [6.07, 6.45) is 3.28. The van der Waals surface area contributed by atoms with E-state index in [9.17, 15) is 4.79 Å². The molecule has 0 radical (unpaired) electrons. The minimum absolute atomic E-state index is 0.287. The predicted molar refractivity (Wildman–Crippen MR) is 100 cm³/mol. The van der Waals surface area contributed by atoms with Gasteiger partial charge in [-0.05, 0) is 48.9 Å². The average molecular weight is 398 g/mol. The number of nitrogens with one attached hydrogen (secondary N) is 2. The van der Waals surface area contributed by atoms with Crippen LogP contribution in [0.2, 0.25) is 0 Å². The van der Waals surface area contributed by atoms with Gasteiger partial charge in [-0.15, -0.1) is 0 Å². The van der Waals surface area contributed by atoms with Crippen molar-refractivity contribution in [3.8, 4) is 0 Å². The number of benzene rings is 1. The summed E-state index contributed by atoms with van der Waals surface area (Å²) in [4.78, 5) is 25.0. The number of hydrogen-bond donors (Lipinski definition) is 2. The highest BCUT2D eigenvalue weighted by Crippen LogP contribution is 2.20. The van der Waals surface area contributed by atoms with Gasteiger partial charge in [0.1, 0.15) is 5.69 Å². The van der Waals surface area contributed by atoms with Gasteiger partial charge in [0.25, 0.3) is 5.91 Å². The lowest BCUT2D eigenvalue weighted by molar-refractivity contribution is 0.102. The summed E-state index contributed by atoms with van der Waals surface area (Å²) in [5.74, 6) is 0.0929. The van der Waals surface area contributed by atoms with Crippen molar-refractivity contribution in [2.24, 2.45) is 0 Å². The van der Waals surface area contributed by atoms with Gasteiger partial charge >= 0.3 is 0 Å². The van der Waals surface area contributed by atoms with Gasteiger partial charge in [0.15, 0.2) is 0 Å². The molecule has 0 spiro atoms. The van der Waals surface area contributed by atoms with Crippen LogP contribution in [0.3, 0.4) is 0 Å². The number of amides is 1. The molecule has 0 aliphatic carbocycles. The molecule has 3 rings (SSSR count). The Labute approximate surface area is 153 Å². The number of carbonyl (C=O) groups is 1. The topological polar surface area (TPSA) is 79.8 Å². The highest BCUT2D eigenvalue weighted by molar-refractivity contribution is 9.10. The van der Waals surface area contributed by atoms with Gasteiger partial charge in [-0.25, -0.2) is 9.97 Å². The van der Waals surface area contributed by atoms with Crippen molar-refractivity contribution in [3.63, 3.8) is 0 Å². The number of hydrogen-bond acceptors (Lipinski definition) is 5. The Hall–Kier alpha value is -2.80. The maximum atomic E-state index is 12.4. The lowest BCUT2D eigenvalue weighted by Crippen LogP contribution is -2.15. The maximum Gasteiger partial charge on any atom is 0.274 e. The van der Waals surface area contributed by atoms with Gasteiger partial charge in [-0.1, -0.05) is 22.0 Å². The van der Waals surface area contributed by atoms with Gasteiger partial charge in [0.05, 0.1) is 12.2 Å². The van der Waals surface area contributed by atoms with E-state index in [2.05, 4.69) is 41.5 Å². The molecule has 0 unspecified atom stereocenters. The summed E-state index contributed by atoms with van der Waals surface area (Å²) in [6, 6.07) is 12.9. The molecule has 0 fully saturated rings. The zero-order valence-electron chi connectivity index (χ0n) is 13.5. The van der Waals surface area contributed by atoms with Crippen molar-refractivity contribution in [2.45, 2.75) is 13.5 Å². The molecule has 0 saturated carbocycles. The van der Waals surface area contributed by atoms with Crippen LogP contribution >= 0.6 is 15.9 Å². The van der Waals surface area contributed by atoms with Crippen LogP contribution in [0.15, 0.2) is 59.3 Å². The van der Waals surface area contributed by atoms with Gasteiger partial charge in [0, 0.05) is 22.6 Å². The molecule has 2 heterocycles. The van der Waals surface area contributed by atoms with Crippen molar-refractivity contribution in [2.75, 3.05) is 10.6 Å². The van der Waals surface area contributed by atoms with E-state index in [0.717, 1.165) is 15.7 Å². The average Bonchev–Trinajstić information content (AvgIpc) is 2.64. The molecule has 6 nitrogen and oxygen atoms in total. The van der Waals surface area contributed by atoms with E-state index < -0.39 is 0 Å². The molecule has 0 saturated heterocycles. The van der Waals surface area contributed by atoms with Crippen molar-refractivity contribution >= 4 is 33.5 Å². The molecule has 0 bridgehead atoms. The first-order valence-corrected chi connectivity index (χ1v) is 8.45. The monoisotopic (exact) mass is 397 g/mol. The summed E-state index contributed by atoms with van der Waals surface area (Å²) in [5.41, 5.74) is 2.91. The van der Waals surface area contributed by atoms with E-state index in [1.165, 1.54) is 0 Å². The van der Waals surface area contributed by atoms with E-state index in [-0.39, 0.29) is 5.91 Å². The lowest BCUT2D eigenvalue weighted by Gasteiger charge is -2.08. The predicted octanol–water partition coefficient (Wildman–Crippen LogP) is 3.81. The Morgan fingerprint density at radius 1 is 1.12 bits per heavy atom. The third-order valence-electron chi connectivity index (χ3n) is 3.46. The van der Waals surface area contributed by atoms with Gasteiger partial charge in [0.2, 0.25) is 5.95 Å². The van der Waals surface area contributed by atoms with Crippen LogP contribution in [0, 0.1) is 6.92 Å². The highest BCUT2D eigenvalue weighted by atomic mass is 79.9.